The third-order valence-corrected chi connectivity index (χ3v) is 4.80. The Morgan fingerprint density at radius 2 is 1.67 bits per heavy atom. The average Bonchev–Trinajstić information content (AvgIpc) is 2.25. The lowest BCUT2D eigenvalue weighted by atomic mass is 9.63. The molecule has 5 unspecified atom stereocenters. The molecule has 1 aliphatic rings. The van der Waals surface area contributed by atoms with Crippen LogP contribution in [0.1, 0.15) is 53.9 Å². The van der Waals surface area contributed by atoms with Gasteiger partial charge in [-0.1, -0.05) is 53.2 Å². The van der Waals surface area contributed by atoms with E-state index in [1.54, 1.807) is 0 Å². The molecule has 0 aromatic rings. The first-order chi connectivity index (χ1) is 7.11. The maximum Gasteiger partial charge on any atom is -0.0202 e. The standard InChI is InChI=1S/C15H28/c1-6-8-9-15-10-14(7-2)12(4)11(3)13(15)5/h8-9,11-15H,6-7,10H2,1-5H3/b9-8-. The summed E-state index contributed by atoms with van der Waals surface area (Å²) < 4.78 is 0. The molecule has 0 aromatic carbocycles. The summed E-state index contributed by atoms with van der Waals surface area (Å²) in [5.74, 6) is 4.45. The van der Waals surface area contributed by atoms with Gasteiger partial charge in [-0.25, -0.2) is 0 Å². The van der Waals surface area contributed by atoms with Crippen LogP contribution < -0.4 is 0 Å². The monoisotopic (exact) mass is 208 g/mol. The van der Waals surface area contributed by atoms with Gasteiger partial charge in [-0.2, -0.15) is 0 Å². The lowest BCUT2D eigenvalue weighted by Gasteiger charge is -2.42. The van der Waals surface area contributed by atoms with Crippen molar-refractivity contribution in [2.75, 3.05) is 0 Å². The molecule has 1 saturated carbocycles. The van der Waals surface area contributed by atoms with Crippen LogP contribution in [0.5, 0.6) is 0 Å². The van der Waals surface area contributed by atoms with Crippen molar-refractivity contribution in [3.05, 3.63) is 12.2 Å². The fraction of sp³-hybridized carbons (Fsp3) is 0.867. The first-order valence-electron chi connectivity index (χ1n) is 6.78. The highest BCUT2D eigenvalue weighted by Gasteiger charge is 2.35. The lowest BCUT2D eigenvalue weighted by Crippen LogP contribution is -2.35. The second-order valence-corrected chi connectivity index (χ2v) is 5.48. The van der Waals surface area contributed by atoms with E-state index >= 15 is 0 Å². The Morgan fingerprint density at radius 1 is 1.00 bits per heavy atom. The molecule has 0 spiro atoms. The molecule has 0 saturated heterocycles. The Labute approximate surface area is 96.2 Å². The second kappa shape index (κ2) is 5.72. The molecule has 0 heterocycles. The molecule has 0 heteroatoms. The maximum atomic E-state index is 2.48. The summed E-state index contributed by atoms with van der Waals surface area (Å²) in [6.45, 7) is 11.9. The van der Waals surface area contributed by atoms with Crippen molar-refractivity contribution in [3.8, 4) is 0 Å². The second-order valence-electron chi connectivity index (χ2n) is 5.48. The smallest absolute Gasteiger partial charge is 0.0202 e. The van der Waals surface area contributed by atoms with Crippen LogP contribution in [-0.4, -0.2) is 0 Å². The van der Waals surface area contributed by atoms with Gasteiger partial charge in [0.05, 0.1) is 0 Å². The van der Waals surface area contributed by atoms with Crippen LogP contribution in [0.15, 0.2) is 12.2 Å². The van der Waals surface area contributed by atoms with Crippen molar-refractivity contribution >= 4 is 0 Å². The molecule has 0 aliphatic heterocycles. The summed E-state index contributed by atoms with van der Waals surface area (Å²) in [4.78, 5) is 0. The SMILES string of the molecule is CC/C=C\C1CC(CC)C(C)C(C)C1C. The molecular formula is C15H28. The van der Waals surface area contributed by atoms with E-state index in [4.69, 9.17) is 0 Å². The van der Waals surface area contributed by atoms with Gasteiger partial charge in [0, 0.05) is 0 Å². The van der Waals surface area contributed by atoms with Crippen molar-refractivity contribution < 1.29 is 0 Å². The number of hydrogen-bond acceptors (Lipinski definition) is 0. The Bertz CT molecular complexity index is 202. The van der Waals surface area contributed by atoms with Gasteiger partial charge in [-0.3, -0.25) is 0 Å². The molecule has 1 aliphatic carbocycles. The fourth-order valence-corrected chi connectivity index (χ4v) is 3.18. The minimum absolute atomic E-state index is 0.834. The van der Waals surface area contributed by atoms with Crippen LogP contribution in [0.2, 0.25) is 0 Å². The number of hydrogen-bond donors (Lipinski definition) is 0. The van der Waals surface area contributed by atoms with E-state index in [1.807, 2.05) is 0 Å². The fourth-order valence-electron chi connectivity index (χ4n) is 3.18. The van der Waals surface area contributed by atoms with Gasteiger partial charge in [0.1, 0.15) is 0 Å². The molecular weight excluding hydrogens is 180 g/mol. The zero-order valence-electron chi connectivity index (χ0n) is 11.2. The third-order valence-electron chi connectivity index (χ3n) is 4.80. The molecule has 0 nitrogen and oxygen atoms in total. The van der Waals surface area contributed by atoms with Gasteiger partial charge in [0.15, 0.2) is 0 Å². The zero-order chi connectivity index (χ0) is 11.4. The quantitative estimate of drug-likeness (QED) is 0.578. The van der Waals surface area contributed by atoms with Gasteiger partial charge in [0.25, 0.3) is 0 Å². The highest BCUT2D eigenvalue weighted by Crippen LogP contribution is 2.43. The first kappa shape index (κ1) is 12.8. The van der Waals surface area contributed by atoms with Crippen molar-refractivity contribution in [3.63, 3.8) is 0 Å². The summed E-state index contributed by atoms with van der Waals surface area (Å²) in [5.41, 5.74) is 0. The normalized spacial score (nSPS) is 42.3. The summed E-state index contributed by atoms with van der Waals surface area (Å²) in [5, 5.41) is 0. The predicted octanol–water partition coefficient (Wildman–Crippen LogP) is 4.91. The summed E-state index contributed by atoms with van der Waals surface area (Å²) in [6, 6.07) is 0. The van der Waals surface area contributed by atoms with Crippen molar-refractivity contribution in [1.82, 2.24) is 0 Å². The Hall–Kier alpha value is -0.260. The van der Waals surface area contributed by atoms with E-state index in [0.29, 0.717) is 0 Å². The molecule has 0 amide bonds. The number of rotatable bonds is 3. The van der Waals surface area contributed by atoms with E-state index < -0.39 is 0 Å². The Kier molecular flexibility index (Phi) is 4.89. The van der Waals surface area contributed by atoms with Crippen LogP contribution in [0.3, 0.4) is 0 Å². The highest BCUT2D eigenvalue weighted by atomic mass is 14.4. The predicted molar refractivity (Wildman–Crippen MR) is 68.8 cm³/mol. The molecule has 0 radical (unpaired) electrons. The molecule has 1 rings (SSSR count). The largest absolute Gasteiger partial charge is 0.0885 e. The van der Waals surface area contributed by atoms with E-state index in [2.05, 4.69) is 46.8 Å². The van der Waals surface area contributed by atoms with Gasteiger partial charge in [0.2, 0.25) is 0 Å². The van der Waals surface area contributed by atoms with Crippen molar-refractivity contribution in [2.45, 2.75) is 53.9 Å². The van der Waals surface area contributed by atoms with Gasteiger partial charge < -0.3 is 0 Å². The molecule has 15 heavy (non-hydrogen) atoms. The minimum Gasteiger partial charge on any atom is -0.0885 e. The maximum absolute atomic E-state index is 2.48. The van der Waals surface area contributed by atoms with Crippen molar-refractivity contribution in [1.29, 1.82) is 0 Å². The first-order valence-corrected chi connectivity index (χ1v) is 6.78. The van der Waals surface area contributed by atoms with Crippen LogP contribution in [0.4, 0.5) is 0 Å². The van der Waals surface area contributed by atoms with Crippen LogP contribution in [0, 0.1) is 29.6 Å². The lowest BCUT2D eigenvalue weighted by molar-refractivity contribution is 0.0867. The summed E-state index contributed by atoms with van der Waals surface area (Å²) in [7, 11) is 0. The topological polar surface area (TPSA) is 0 Å². The molecule has 0 aromatic heterocycles. The van der Waals surface area contributed by atoms with E-state index in [-0.39, 0.29) is 0 Å². The van der Waals surface area contributed by atoms with E-state index in [1.165, 1.54) is 19.3 Å². The Balaban J connectivity index is 2.69. The zero-order valence-corrected chi connectivity index (χ0v) is 11.2. The minimum atomic E-state index is 0.834. The van der Waals surface area contributed by atoms with Gasteiger partial charge in [-0.05, 0) is 42.4 Å². The summed E-state index contributed by atoms with van der Waals surface area (Å²) >= 11 is 0. The van der Waals surface area contributed by atoms with Gasteiger partial charge in [-0.15, -0.1) is 0 Å². The molecule has 0 N–H and O–H groups in total. The van der Waals surface area contributed by atoms with Crippen LogP contribution in [-0.2, 0) is 0 Å². The van der Waals surface area contributed by atoms with Crippen LogP contribution >= 0.6 is 0 Å². The summed E-state index contributed by atoms with van der Waals surface area (Å²) in [6.07, 6.45) is 8.80. The molecule has 0 bridgehead atoms. The van der Waals surface area contributed by atoms with E-state index in [0.717, 1.165) is 29.6 Å². The number of allylic oxidation sites excluding steroid dienone is 2. The Morgan fingerprint density at radius 3 is 2.20 bits per heavy atom. The molecule has 88 valence electrons. The van der Waals surface area contributed by atoms with Crippen molar-refractivity contribution in [2.24, 2.45) is 29.6 Å². The average molecular weight is 208 g/mol. The van der Waals surface area contributed by atoms with E-state index in [9.17, 15) is 0 Å². The third kappa shape index (κ3) is 2.86. The highest BCUT2D eigenvalue weighted by molar-refractivity contribution is 4.97. The van der Waals surface area contributed by atoms with Crippen LogP contribution in [0.25, 0.3) is 0 Å². The molecule has 1 fully saturated rings. The molecule has 5 atom stereocenters. The van der Waals surface area contributed by atoms with Gasteiger partial charge >= 0.3 is 0 Å².